The fourth-order valence-corrected chi connectivity index (χ4v) is 3.12. The Balaban J connectivity index is 0.00000264. The van der Waals surface area contributed by atoms with E-state index in [1.165, 1.54) is 35.8 Å². The van der Waals surface area contributed by atoms with Crippen molar-refractivity contribution in [3.63, 3.8) is 0 Å². The third kappa shape index (κ3) is 5.82. The number of benzene rings is 1. The zero-order chi connectivity index (χ0) is 15.8. The number of hydrogen-bond donors (Lipinski definition) is 1. The first-order valence-corrected chi connectivity index (χ1v) is 8.69. The van der Waals surface area contributed by atoms with E-state index in [-0.39, 0.29) is 18.2 Å². The lowest BCUT2D eigenvalue weighted by atomic mass is 9.92. The second-order valence-electron chi connectivity index (χ2n) is 6.03. The molecule has 0 saturated heterocycles. The van der Waals surface area contributed by atoms with E-state index < -0.39 is 0 Å². The van der Waals surface area contributed by atoms with Gasteiger partial charge in [0.1, 0.15) is 24.7 Å². The Morgan fingerprint density at radius 2 is 1.74 bits per heavy atom. The van der Waals surface area contributed by atoms with Crippen molar-refractivity contribution in [1.29, 1.82) is 0 Å². The Labute approximate surface area is 146 Å². The summed E-state index contributed by atoms with van der Waals surface area (Å²) in [5.41, 5.74) is 1.93. The summed E-state index contributed by atoms with van der Waals surface area (Å²) < 4.78 is 20.3. The van der Waals surface area contributed by atoms with Crippen molar-refractivity contribution in [2.24, 2.45) is 0 Å². The lowest BCUT2D eigenvalue weighted by molar-refractivity contribution is -0.896. The zero-order valence-corrected chi connectivity index (χ0v) is 15.1. The van der Waals surface area contributed by atoms with E-state index in [2.05, 4.69) is 13.8 Å². The van der Waals surface area contributed by atoms with Gasteiger partial charge in [-0.3, -0.25) is 0 Å². The van der Waals surface area contributed by atoms with Crippen molar-refractivity contribution in [2.75, 3.05) is 26.2 Å². The number of rotatable bonds is 7. The molecular weight excluding hydrogens is 313 g/mol. The summed E-state index contributed by atoms with van der Waals surface area (Å²) in [5.74, 6) is 0.634. The predicted molar refractivity (Wildman–Crippen MR) is 89.3 cm³/mol. The fourth-order valence-electron chi connectivity index (χ4n) is 3.12. The Kier molecular flexibility index (Phi) is 9.27. The van der Waals surface area contributed by atoms with Gasteiger partial charge in [0.05, 0.1) is 18.7 Å². The maximum atomic E-state index is 14.2. The van der Waals surface area contributed by atoms with E-state index in [9.17, 15) is 4.39 Å². The van der Waals surface area contributed by atoms with E-state index in [1.807, 2.05) is 12.1 Å². The molecule has 0 heterocycles. The normalized spacial score (nSPS) is 14.5. The molecule has 0 aromatic heterocycles. The zero-order valence-electron chi connectivity index (χ0n) is 14.3. The molecule has 0 bridgehead atoms. The lowest BCUT2D eigenvalue weighted by Gasteiger charge is -2.22. The van der Waals surface area contributed by atoms with Crippen LogP contribution >= 0.6 is 0 Å². The summed E-state index contributed by atoms with van der Waals surface area (Å²) in [6, 6.07) is 7.00. The van der Waals surface area contributed by atoms with Crippen LogP contribution in [0.1, 0.15) is 51.5 Å². The molecule has 1 aliphatic carbocycles. The highest BCUT2D eigenvalue weighted by molar-refractivity contribution is 5.63. The van der Waals surface area contributed by atoms with Gasteiger partial charge >= 0.3 is 0 Å². The van der Waals surface area contributed by atoms with Gasteiger partial charge in [0, 0.05) is 0 Å². The molecule has 4 heteroatoms. The lowest BCUT2D eigenvalue weighted by Crippen LogP contribution is -3.11. The van der Waals surface area contributed by atoms with E-state index in [1.54, 1.807) is 6.07 Å². The van der Waals surface area contributed by atoms with Gasteiger partial charge in [-0.2, -0.15) is 0 Å². The van der Waals surface area contributed by atoms with E-state index in [0.717, 1.165) is 38.2 Å². The maximum Gasteiger partial charge on any atom is 0.137 e. The van der Waals surface area contributed by atoms with Crippen molar-refractivity contribution < 1.29 is 26.4 Å². The first-order valence-electron chi connectivity index (χ1n) is 8.69. The third-order valence-corrected chi connectivity index (χ3v) is 4.60. The van der Waals surface area contributed by atoms with Gasteiger partial charge in [0.2, 0.25) is 0 Å². The molecule has 2 rings (SSSR count). The maximum absolute atomic E-state index is 14.2. The topological polar surface area (TPSA) is 13.7 Å². The Morgan fingerprint density at radius 3 is 2.35 bits per heavy atom. The van der Waals surface area contributed by atoms with Crippen molar-refractivity contribution in [3.8, 4) is 0 Å². The minimum absolute atomic E-state index is 0. The number of nitrogens with one attached hydrogen (secondary N) is 1. The molecule has 130 valence electrons. The highest BCUT2D eigenvalue weighted by Gasteiger charge is 2.17. The van der Waals surface area contributed by atoms with Gasteiger partial charge in [-0.25, -0.2) is 4.39 Å². The minimum atomic E-state index is -0.175. The predicted octanol–water partition coefficient (Wildman–Crippen LogP) is 0.446. The summed E-state index contributed by atoms with van der Waals surface area (Å²) >= 11 is 0. The average molecular weight is 342 g/mol. The number of allylic oxidation sites excluding steroid dienone is 1. The Hall–Kier alpha value is -1.06. The highest BCUT2D eigenvalue weighted by atomic mass is 35.5. The van der Waals surface area contributed by atoms with Crippen LogP contribution in [0, 0.1) is 5.82 Å². The van der Waals surface area contributed by atoms with E-state index in [0.29, 0.717) is 12.2 Å². The quantitative estimate of drug-likeness (QED) is 0.711. The van der Waals surface area contributed by atoms with E-state index in [4.69, 9.17) is 4.74 Å². The second-order valence-corrected chi connectivity index (χ2v) is 6.03. The summed E-state index contributed by atoms with van der Waals surface area (Å²) in [6.45, 7) is 8.21. The molecule has 23 heavy (non-hydrogen) atoms. The Morgan fingerprint density at radius 1 is 1.09 bits per heavy atom. The molecule has 1 fully saturated rings. The van der Waals surface area contributed by atoms with Crippen LogP contribution in [0.4, 0.5) is 4.39 Å². The van der Waals surface area contributed by atoms with Crippen LogP contribution in [0.2, 0.25) is 0 Å². The molecule has 1 aromatic carbocycles. The SMILES string of the molecule is CC[NH+](CC)CCOC(=C1CCCCC1)c1ccccc1F.[Cl-]. The molecule has 0 unspecified atom stereocenters. The molecule has 0 spiro atoms. The van der Waals surface area contributed by atoms with E-state index >= 15 is 0 Å². The van der Waals surface area contributed by atoms with Crippen LogP contribution in [-0.2, 0) is 4.74 Å². The van der Waals surface area contributed by atoms with Gasteiger partial charge in [-0.05, 0) is 57.2 Å². The van der Waals surface area contributed by atoms with Crippen LogP contribution in [0.3, 0.4) is 0 Å². The van der Waals surface area contributed by atoms with Crippen molar-refractivity contribution >= 4 is 5.76 Å². The van der Waals surface area contributed by atoms with Gasteiger partial charge in [0.15, 0.2) is 0 Å². The number of likely N-dealkylation sites (N-methyl/N-ethyl adjacent to an activating group) is 1. The van der Waals surface area contributed by atoms with Crippen LogP contribution in [0.15, 0.2) is 29.8 Å². The number of hydrogen-bond acceptors (Lipinski definition) is 1. The molecule has 0 amide bonds. The molecule has 1 aromatic rings. The molecular formula is C19H29ClFNO. The van der Waals surface area contributed by atoms with Crippen LogP contribution < -0.4 is 17.3 Å². The van der Waals surface area contributed by atoms with Crippen LogP contribution in [0.5, 0.6) is 0 Å². The summed E-state index contributed by atoms with van der Waals surface area (Å²) in [6.07, 6.45) is 5.75. The van der Waals surface area contributed by atoms with Crippen LogP contribution in [0.25, 0.3) is 5.76 Å². The summed E-state index contributed by atoms with van der Waals surface area (Å²) in [7, 11) is 0. The molecule has 1 aliphatic rings. The second kappa shape index (κ2) is 10.7. The van der Waals surface area contributed by atoms with Crippen molar-refractivity contribution in [2.45, 2.75) is 46.0 Å². The molecule has 1 N–H and O–H groups in total. The third-order valence-electron chi connectivity index (χ3n) is 4.60. The molecule has 1 saturated carbocycles. The van der Waals surface area contributed by atoms with Gasteiger partial charge in [-0.1, -0.05) is 18.6 Å². The van der Waals surface area contributed by atoms with Gasteiger partial charge in [-0.15, -0.1) is 0 Å². The average Bonchev–Trinajstić information content (AvgIpc) is 2.57. The number of ether oxygens (including phenoxy) is 1. The largest absolute Gasteiger partial charge is 1.00 e. The number of quaternary nitrogens is 1. The first-order chi connectivity index (χ1) is 10.8. The van der Waals surface area contributed by atoms with Crippen molar-refractivity contribution in [1.82, 2.24) is 0 Å². The molecule has 2 nitrogen and oxygen atoms in total. The van der Waals surface area contributed by atoms with Crippen molar-refractivity contribution in [3.05, 3.63) is 41.2 Å². The minimum Gasteiger partial charge on any atom is -1.00 e. The molecule has 0 radical (unpaired) electrons. The van der Waals surface area contributed by atoms with Crippen LogP contribution in [-0.4, -0.2) is 26.2 Å². The summed E-state index contributed by atoms with van der Waals surface area (Å²) in [5, 5.41) is 0. The monoisotopic (exact) mass is 341 g/mol. The molecule has 0 atom stereocenters. The molecule has 0 aliphatic heterocycles. The number of halogens is 2. The summed E-state index contributed by atoms with van der Waals surface area (Å²) in [4.78, 5) is 1.52. The Bertz CT molecular complexity index is 492. The highest BCUT2D eigenvalue weighted by Crippen LogP contribution is 2.32. The smallest absolute Gasteiger partial charge is 0.137 e. The van der Waals surface area contributed by atoms with Gasteiger partial charge in [0.25, 0.3) is 0 Å². The standard InChI is InChI=1S/C19H28FNO.ClH/c1-3-21(4-2)14-15-22-19(16-10-6-5-7-11-16)17-12-8-9-13-18(17)20;/h8-9,12-13H,3-7,10-11,14-15H2,1-2H3;1H. The fraction of sp³-hybridized carbons (Fsp3) is 0.579. The first kappa shape index (κ1) is 20.0. The van der Waals surface area contributed by atoms with Gasteiger partial charge < -0.3 is 22.0 Å².